The number of thiophene rings is 1. The molecule has 4 heteroatoms. The van der Waals surface area contributed by atoms with Gasteiger partial charge in [0.05, 0.1) is 21.1 Å². The van der Waals surface area contributed by atoms with Gasteiger partial charge in [0.2, 0.25) is 0 Å². The number of aromatic nitrogens is 1. The van der Waals surface area contributed by atoms with E-state index in [0.717, 1.165) is 15.8 Å². The molecule has 0 saturated carbocycles. The summed E-state index contributed by atoms with van der Waals surface area (Å²) in [5.41, 5.74) is 1.50. The summed E-state index contributed by atoms with van der Waals surface area (Å²) >= 11 is 7.46. The van der Waals surface area contributed by atoms with Gasteiger partial charge in [-0.2, -0.15) is 0 Å². The highest BCUT2D eigenvalue weighted by Gasteiger charge is 2.16. The van der Waals surface area contributed by atoms with Crippen molar-refractivity contribution in [3.05, 3.63) is 63.4 Å². The van der Waals surface area contributed by atoms with Gasteiger partial charge in [0.1, 0.15) is 6.10 Å². The number of aliphatic hydroxyl groups excluding tert-OH is 1. The number of rotatable bonds is 2. The minimum Gasteiger partial charge on any atom is -0.381 e. The van der Waals surface area contributed by atoms with Crippen LogP contribution in [-0.2, 0) is 0 Å². The fourth-order valence-corrected chi connectivity index (χ4v) is 3.02. The molecule has 3 rings (SSSR count). The molecule has 1 atom stereocenters. The largest absolute Gasteiger partial charge is 0.381 e. The van der Waals surface area contributed by atoms with Crippen molar-refractivity contribution in [1.29, 1.82) is 0 Å². The maximum absolute atomic E-state index is 10.3. The molecular formula is C14H10ClNOS. The molecule has 0 aliphatic heterocycles. The van der Waals surface area contributed by atoms with Crippen LogP contribution < -0.4 is 0 Å². The smallest absolute Gasteiger partial charge is 0.132 e. The van der Waals surface area contributed by atoms with Gasteiger partial charge in [-0.15, -0.1) is 11.3 Å². The van der Waals surface area contributed by atoms with E-state index in [1.54, 1.807) is 6.07 Å². The third-order valence-electron chi connectivity index (χ3n) is 2.79. The summed E-state index contributed by atoms with van der Waals surface area (Å²) in [6.45, 7) is 0. The number of fused-ring (bicyclic) bond motifs is 1. The number of hydrogen-bond acceptors (Lipinski definition) is 3. The summed E-state index contributed by atoms with van der Waals surface area (Å²) in [6.07, 6.45) is -0.762. The second-order valence-electron chi connectivity index (χ2n) is 3.96. The van der Waals surface area contributed by atoms with Gasteiger partial charge in [0.15, 0.2) is 0 Å². The van der Waals surface area contributed by atoms with Gasteiger partial charge in [0, 0.05) is 5.39 Å². The molecule has 0 aliphatic carbocycles. The lowest BCUT2D eigenvalue weighted by atomic mass is 10.1. The van der Waals surface area contributed by atoms with Crippen LogP contribution in [0.5, 0.6) is 0 Å². The average Bonchev–Trinajstić information content (AvgIpc) is 2.83. The van der Waals surface area contributed by atoms with Gasteiger partial charge in [-0.25, -0.2) is 4.98 Å². The molecule has 1 aromatic carbocycles. The quantitative estimate of drug-likeness (QED) is 0.766. The minimum atomic E-state index is -0.762. The molecule has 0 fully saturated rings. The molecular weight excluding hydrogens is 266 g/mol. The van der Waals surface area contributed by atoms with E-state index in [-0.39, 0.29) is 0 Å². The van der Waals surface area contributed by atoms with Gasteiger partial charge in [0.25, 0.3) is 0 Å². The lowest BCUT2D eigenvalue weighted by Crippen LogP contribution is -2.00. The standard InChI is InChI=1S/C14H10ClNOS/c15-10-7-8-18-14(10)13(17)12-6-5-9-3-1-2-4-11(9)16-12/h1-8,13,17H. The summed E-state index contributed by atoms with van der Waals surface area (Å²) in [6, 6.07) is 13.4. The van der Waals surface area contributed by atoms with Crippen LogP contribution in [0.25, 0.3) is 10.9 Å². The van der Waals surface area contributed by atoms with Gasteiger partial charge in [-0.05, 0) is 23.6 Å². The monoisotopic (exact) mass is 275 g/mol. The number of hydrogen-bond donors (Lipinski definition) is 1. The lowest BCUT2D eigenvalue weighted by Gasteiger charge is -2.09. The average molecular weight is 276 g/mol. The first-order chi connectivity index (χ1) is 8.75. The molecule has 0 aliphatic rings. The Bertz CT molecular complexity index is 695. The molecule has 0 amide bonds. The highest BCUT2D eigenvalue weighted by Crippen LogP contribution is 2.32. The van der Waals surface area contributed by atoms with Gasteiger partial charge in [-0.3, -0.25) is 0 Å². The molecule has 0 radical (unpaired) electrons. The Hall–Kier alpha value is -1.42. The topological polar surface area (TPSA) is 33.1 Å². The maximum Gasteiger partial charge on any atom is 0.132 e. The summed E-state index contributed by atoms with van der Waals surface area (Å²) in [5, 5.41) is 13.8. The van der Waals surface area contributed by atoms with E-state index in [9.17, 15) is 5.11 Å². The van der Waals surface area contributed by atoms with E-state index in [1.165, 1.54) is 11.3 Å². The Balaban J connectivity index is 2.07. The van der Waals surface area contributed by atoms with E-state index in [4.69, 9.17) is 11.6 Å². The molecule has 2 aromatic heterocycles. The van der Waals surface area contributed by atoms with Crippen molar-refractivity contribution in [2.45, 2.75) is 6.10 Å². The summed E-state index contributed by atoms with van der Waals surface area (Å²) in [5.74, 6) is 0. The van der Waals surface area contributed by atoms with Crippen LogP contribution in [0.15, 0.2) is 47.8 Å². The van der Waals surface area contributed by atoms with Crippen molar-refractivity contribution in [2.24, 2.45) is 0 Å². The second kappa shape index (κ2) is 4.69. The molecule has 1 N–H and O–H groups in total. The Morgan fingerprint density at radius 2 is 1.94 bits per heavy atom. The molecule has 0 spiro atoms. The zero-order valence-corrected chi connectivity index (χ0v) is 10.9. The molecule has 2 heterocycles. The predicted octanol–water partition coefficient (Wildman–Crippen LogP) is 4.03. The SMILES string of the molecule is OC(c1ccc2ccccc2n1)c1sccc1Cl. The van der Waals surface area contributed by atoms with E-state index in [1.807, 2.05) is 41.8 Å². The molecule has 2 nitrogen and oxygen atoms in total. The third-order valence-corrected chi connectivity index (χ3v) is 4.20. The van der Waals surface area contributed by atoms with Crippen LogP contribution in [0.3, 0.4) is 0 Å². The van der Waals surface area contributed by atoms with Crippen LogP contribution in [0.2, 0.25) is 5.02 Å². The van der Waals surface area contributed by atoms with Gasteiger partial charge < -0.3 is 5.11 Å². The molecule has 3 aromatic rings. The highest BCUT2D eigenvalue weighted by molar-refractivity contribution is 7.10. The number of halogens is 1. The number of aliphatic hydroxyl groups is 1. The maximum atomic E-state index is 10.3. The lowest BCUT2D eigenvalue weighted by molar-refractivity contribution is 0.219. The molecule has 90 valence electrons. The highest BCUT2D eigenvalue weighted by atomic mass is 35.5. The summed E-state index contributed by atoms with van der Waals surface area (Å²) in [4.78, 5) is 5.21. The van der Waals surface area contributed by atoms with Crippen molar-refractivity contribution in [1.82, 2.24) is 4.98 Å². The molecule has 1 unspecified atom stereocenters. The van der Waals surface area contributed by atoms with E-state index < -0.39 is 6.10 Å². The fourth-order valence-electron chi connectivity index (χ4n) is 1.87. The van der Waals surface area contributed by atoms with E-state index >= 15 is 0 Å². The Kier molecular flexibility index (Phi) is 3.04. The van der Waals surface area contributed by atoms with Crippen molar-refractivity contribution in [2.75, 3.05) is 0 Å². The second-order valence-corrected chi connectivity index (χ2v) is 5.32. The Morgan fingerprint density at radius 3 is 2.72 bits per heavy atom. The Labute approximate surface area is 113 Å². The number of benzene rings is 1. The normalized spacial score (nSPS) is 12.8. The zero-order chi connectivity index (χ0) is 12.5. The minimum absolute atomic E-state index is 0.586. The number of nitrogens with zero attached hydrogens (tertiary/aromatic N) is 1. The van der Waals surface area contributed by atoms with Crippen LogP contribution in [0.4, 0.5) is 0 Å². The Morgan fingerprint density at radius 1 is 1.11 bits per heavy atom. The molecule has 0 bridgehead atoms. The summed E-state index contributed by atoms with van der Waals surface area (Å²) in [7, 11) is 0. The third kappa shape index (κ3) is 2.01. The van der Waals surface area contributed by atoms with Gasteiger partial charge in [-0.1, -0.05) is 35.9 Å². The molecule has 18 heavy (non-hydrogen) atoms. The first kappa shape index (κ1) is 11.7. The summed E-state index contributed by atoms with van der Waals surface area (Å²) < 4.78 is 0. The van der Waals surface area contributed by atoms with Crippen molar-refractivity contribution in [3.8, 4) is 0 Å². The first-order valence-corrected chi connectivity index (χ1v) is 6.78. The molecule has 0 saturated heterocycles. The number of para-hydroxylation sites is 1. The van der Waals surface area contributed by atoms with Crippen LogP contribution >= 0.6 is 22.9 Å². The van der Waals surface area contributed by atoms with E-state index in [2.05, 4.69) is 4.98 Å². The van der Waals surface area contributed by atoms with Crippen molar-refractivity contribution < 1.29 is 5.11 Å². The van der Waals surface area contributed by atoms with Crippen LogP contribution in [0, 0.1) is 0 Å². The van der Waals surface area contributed by atoms with E-state index in [0.29, 0.717) is 10.7 Å². The first-order valence-electron chi connectivity index (χ1n) is 5.52. The predicted molar refractivity (Wildman–Crippen MR) is 75.1 cm³/mol. The van der Waals surface area contributed by atoms with Crippen LogP contribution in [-0.4, -0.2) is 10.1 Å². The van der Waals surface area contributed by atoms with Crippen molar-refractivity contribution >= 4 is 33.8 Å². The zero-order valence-electron chi connectivity index (χ0n) is 9.38. The van der Waals surface area contributed by atoms with Gasteiger partial charge >= 0.3 is 0 Å². The van der Waals surface area contributed by atoms with Crippen molar-refractivity contribution in [3.63, 3.8) is 0 Å². The number of pyridine rings is 1. The fraction of sp³-hybridized carbons (Fsp3) is 0.0714. The van der Waals surface area contributed by atoms with Crippen LogP contribution in [0.1, 0.15) is 16.7 Å².